The quantitative estimate of drug-likeness (QED) is 0.450. The summed E-state index contributed by atoms with van der Waals surface area (Å²) in [6.45, 7) is 2.03. The molecule has 0 aliphatic rings. The SMILES string of the molecule is CC(O)C(C)(CO)n1c(=O)[nH]c(=O)[nH]c1=O. The van der Waals surface area contributed by atoms with Crippen LogP contribution < -0.4 is 17.1 Å². The summed E-state index contributed by atoms with van der Waals surface area (Å²) in [6, 6.07) is 0. The Labute approximate surface area is 89.2 Å². The molecule has 1 aromatic rings. The number of aliphatic hydroxyl groups excluding tert-OH is 2. The van der Waals surface area contributed by atoms with Crippen LogP contribution in [0.1, 0.15) is 13.8 Å². The number of H-pyrrole nitrogens is 2. The van der Waals surface area contributed by atoms with Gasteiger partial charge in [0.1, 0.15) is 0 Å². The summed E-state index contributed by atoms with van der Waals surface area (Å²) in [7, 11) is 0. The molecule has 0 spiro atoms. The molecule has 0 aromatic carbocycles. The lowest BCUT2D eigenvalue weighted by atomic mass is 9.97. The van der Waals surface area contributed by atoms with Crippen molar-refractivity contribution in [2.45, 2.75) is 25.5 Å². The van der Waals surface area contributed by atoms with E-state index in [1.807, 2.05) is 9.97 Å². The largest absolute Gasteiger partial charge is 0.394 e. The molecule has 8 nitrogen and oxygen atoms in total. The number of hydrogen-bond donors (Lipinski definition) is 4. The van der Waals surface area contributed by atoms with Crippen LogP contribution in [0.5, 0.6) is 0 Å². The molecule has 1 rings (SSSR count). The van der Waals surface area contributed by atoms with Crippen molar-refractivity contribution in [3.63, 3.8) is 0 Å². The van der Waals surface area contributed by atoms with Crippen LogP contribution in [0.15, 0.2) is 14.4 Å². The molecule has 8 heteroatoms. The second kappa shape index (κ2) is 4.06. The zero-order valence-corrected chi connectivity index (χ0v) is 8.85. The molecule has 1 aromatic heterocycles. The van der Waals surface area contributed by atoms with Gasteiger partial charge in [-0.1, -0.05) is 0 Å². The minimum atomic E-state index is -1.49. The monoisotopic (exact) mass is 231 g/mol. The van der Waals surface area contributed by atoms with Crippen molar-refractivity contribution in [1.82, 2.24) is 14.5 Å². The minimum Gasteiger partial charge on any atom is -0.394 e. The number of aromatic nitrogens is 3. The van der Waals surface area contributed by atoms with E-state index in [4.69, 9.17) is 5.11 Å². The lowest BCUT2D eigenvalue weighted by Crippen LogP contribution is -2.58. The van der Waals surface area contributed by atoms with Gasteiger partial charge in [0.15, 0.2) is 0 Å². The second-order valence-corrected chi connectivity index (χ2v) is 3.72. The Hall–Kier alpha value is -1.67. The highest BCUT2D eigenvalue weighted by Gasteiger charge is 2.34. The summed E-state index contributed by atoms with van der Waals surface area (Å²) in [5, 5.41) is 18.6. The minimum absolute atomic E-state index is 0.582. The first kappa shape index (κ1) is 12.4. The summed E-state index contributed by atoms with van der Waals surface area (Å²) in [5.41, 5.74) is -4.39. The van der Waals surface area contributed by atoms with E-state index in [0.29, 0.717) is 4.57 Å². The molecule has 90 valence electrons. The lowest BCUT2D eigenvalue weighted by Gasteiger charge is -2.30. The summed E-state index contributed by atoms with van der Waals surface area (Å²) in [6.07, 6.45) is -1.15. The molecule has 0 fully saturated rings. The van der Waals surface area contributed by atoms with E-state index in [1.54, 1.807) is 0 Å². The molecule has 0 radical (unpaired) electrons. The Bertz CT molecular complexity index is 505. The normalized spacial score (nSPS) is 16.8. The maximum absolute atomic E-state index is 11.4. The number of rotatable bonds is 3. The summed E-state index contributed by atoms with van der Waals surface area (Å²) < 4.78 is 0.582. The number of nitrogens with zero attached hydrogens (tertiary/aromatic N) is 1. The predicted octanol–water partition coefficient (Wildman–Crippen LogP) is -2.69. The highest BCUT2D eigenvalue weighted by molar-refractivity contribution is 4.89. The summed E-state index contributed by atoms with van der Waals surface area (Å²) >= 11 is 0. The van der Waals surface area contributed by atoms with Crippen molar-refractivity contribution in [2.75, 3.05) is 6.61 Å². The van der Waals surface area contributed by atoms with Gasteiger partial charge in [-0.05, 0) is 13.8 Å². The maximum Gasteiger partial charge on any atom is 0.334 e. The smallest absolute Gasteiger partial charge is 0.334 e. The second-order valence-electron chi connectivity index (χ2n) is 3.72. The highest BCUT2D eigenvalue weighted by atomic mass is 16.3. The molecule has 0 saturated carbocycles. The average molecular weight is 231 g/mol. The third-order valence-corrected chi connectivity index (χ3v) is 2.58. The number of hydrogen-bond acceptors (Lipinski definition) is 5. The summed E-state index contributed by atoms with van der Waals surface area (Å²) in [5.74, 6) is 0. The van der Waals surface area contributed by atoms with E-state index in [1.165, 1.54) is 13.8 Å². The number of aliphatic hydroxyl groups is 2. The molecule has 0 saturated heterocycles. The first-order chi connectivity index (χ1) is 7.32. The van der Waals surface area contributed by atoms with Gasteiger partial charge < -0.3 is 10.2 Å². The van der Waals surface area contributed by atoms with E-state index >= 15 is 0 Å². The molecule has 2 atom stereocenters. The van der Waals surface area contributed by atoms with Gasteiger partial charge in [-0.15, -0.1) is 0 Å². The Morgan fingerprint density at radius 1 is 1.31 bits per heavy atom. The fraction of sp³-hybridized carbons (Fsp3) is 0.625. The molecule has 0 bridgehead atoms. The van der Waals surface area contributed by atoms with E-state index < -0.39 is 35.3 Å². The van der Waals surface area contributed by atoms with Crippen LogP contribution in [-0.2, 0) is 5.54 Å². The van der Waals surface area contributed by atoms with Gasteiger partial charge in [-0.25, -0.2) is 19.0 Å². The van der Waals surface area contributed by atoms with Crippen molar-refractivity contribution in [1.29, 1.82) is 0 Å². The Balaban J connectivity index is 3.62. The first-order valence-electron chi connectivity index (χ1n) is 4.58. The average Bonchev–Trinajstić information content (AvgIpc) is 2.15. The van der Waals surface area contributed by atoms with Gasteiger partial charge in [-0.2, -0.15) is 0 Å². The highest BCUT2D eigenvalue weighted by Crippen LogP contribution is 2.15. The zero-order chi connectivity index (χ0) is 12.5. The van der Waals surface area contributed by atoms with E-state index in [2.05, 4.69) is 0 Å². The summed E-state index contributed by atoms with van der Waals surface area (Å²) in [4.78, 5) is 37.4. The Morgan fingerprint density at radius 3 is 2.06 bits per heavy atom. The van der Waals surface area contributed by atoms with Gasteiger partial charge in [0.2, 0.25) is 0 Å². The van der Waals surface area contributed by atoms with Crippen LogP contribution >= 0.6 is 0 Å². The van der Waals surface area contributed by atoms with Crippen molar-refractivity contribution < 1.29 is 10.2 Å². The third-order valence-electron chi connectivity index (χ3n) is 2.58. The van der Waals surface area contributed by atoms with Crippen LogP contribution in [0.3, 0.4) is 0 Å². The first-order valence-corrected chi connectivity index (χ1v) is 4.58. The maximum atomic E-state index is 11.4. The van der Waals surface area contributed by atoms with Crippen molar-refractivity contribution in [2.24, 2.45) is 0 Å². The molecule has 0 aliphatic carbocycles. The van der Waals surface area contributed by atoms with Gasteiger partial charge in [0, 0.05) is 0 Å². The third kappa shape index (κ3) is 1.84. The Morgan fingerprint density at radius 2 is 1.75 bits per heavy atom. The molecule has 4 N–H and O–H groups in total. The van der Waals surface area contributed by atoms with Gasteiger partial charge in [0.05, 0.1) is 18.2 Å². The van der Waals surface area contributed by atoms with Crippen LogP contribution in [0.2, 0.25) is 0 Å². The van der Waals surface area contributed by atoms with Crippen LogP contribution in [0.4, 0.5) is 0 Å². The predicted molar refractivity (Wildman–Crippen MR) is 54.4 cm³/mol. The van der Waals surface area contributed by atoms with Crippen LogP contribution in [0.25, 0.3) is 0 Å². The van der Waals surface area contributed by atoms with Crippen molar-refractivity contribution in [3.8, 4) is 0 Å². The lowest BCUT2D eigenvalue weighted by molar-refractivity contribution is 0.00929. The van der Waals surface area contributed by atoms with E-state index in [0.717, 1.165) is 0 Å². The van der Waals surface area contributed by atoms with Crippen molar-refractivity contribution in [3.05, 3.63) is 31.5 Å². The molecule has 1 heterocycles. The molecular weight excluding hydrogens is 218 g/mol. The fourth-order valence-corrected chi connectivity index (χ4v) is 1.28. The van der Waals surface area contributed by atoms with Crippen molar-refractivity contribution >= 4 is 0 Å². The molecular formula is C8H13N3O5. The molecule has 2 unspecified atom stereocenters. The van der Waals surface area contributed by atoms with E-state index in [-0.39, 0.29) is 0 Å². The van der Waals surface area contributed by atoms with Crippen LogP contribution in [0, 0.1) is 0 Å². The molecule has 16 heavy (non-hydrogen) atoms. The van der Waals surface area contributed by atoms with Gasteiger partial charge in [-0.3, -0.25) is 9.97 Å². The topological polar surface area (TPSA) is 128 Å². The number of nitrogens with one attached hydrogen (secondary N) is 2. The standard InChI is InChI=1S/C8H13N3O5/c1-4(13)8(2,3-12)11-6(15)9-5(14)10-7(11)16/h4,12-13H,3H2,1-2H3,(H2,9,10,14,15,16). The van der Waals surface area contributed by atoms with Crippen LogP contribution in [-0.4, -0.2) is 37.5 Å². The fourth-order valence-electron chi connectivity index (χ4n) is 1.28. The van der Waals surface area contributed by atoms with Gasteiger partial charge in [0.25, 0.3) is 0 Å². The molecule has 0 amide bonds. The number of aromatic amines is 2. The Kier molecular flexibility index (Phi) is 3.15. The molecule has 0 aliphatic heterocycles. The van der Waals surface area contributed by atoms with E-state index in [9.17, 15) is 19.5 Å². The zero-order valence-electron chi connectivity index (χ0n) is 8.85. The van der Waals surface area contributed by atoms with Gasteiger partial charge >= 0.3 is 17.1 Å².